The van der Waals surface area contributed by atoms with Crippen LogP contribution in [-0.2, 0) is 4.79 Å². The van der Waals surface area contributed by atoms with E-state index >= 15 is 0 Å². The van der Waals surface area contributed by atoms with E-state index in [9.17, 15) is 9.59 Å². The van der Waals surface area contributed by atoms with Crippen LogP contribution < -0.4 is 10.1 Å². The van der Waals surface area contributed by atoms with Crippen LogP contribution in [0.1, 0.15) is 24.3 Å². The number of rotatable bonds is 4. The Morgan fingerprint density at radius 1 is 1.36 bits per heavy atom. The zero-order valence-electron chi connectivity index (χ0n) is 12.5. The molecule has 2 rings (SSSR count). The van der Waals surface area contributed by atoms with Crippen LogP contribution in [0.3, 0.4) is 0 Å². The first-order valence-corrected chi connectivity index (χ1v) is 6.59. The van der Waals surface area contributed by atoms with E-state index in [4.69, 9.17) is 10.00 Å². The lowest BCUT2D eigenvalue weighted by Crippen LogP contribution is -2.07. The number of ether oxygens (including phenoxy) is 1. The highest BCUT2D eigenvalue weighted by Gasteiger charge is 2.16. The number of nitriles is 1. The molecule has 0 aliphatic rings. The Kier molecular flexibility index (Phi) is 4.28. The molecule has 1 amide bonds. The zero-order valence-corrected chi connectivity index (χ0v) is 12.5. The zero-order chi connectivity index (χ0) is 16.3. The number of anilines is 1. The van der Waals surface area contributed by atoms with Gasteiger partial charge in [-0.1, -0.05) is 6.08 Å². The molecule has 0 radical (unpaired) electrons. The van der Waals surface area contributed by atoms with E-state index in [1.165, 1.54) is 20.1 Å². The smallest absolute Gasteiger partial charge is 0.221 e. The van der Waals surface area contributed by atoms with E-state index in [-0.39, 0.29) is 17.3 Å². The summed E-state index contributed by atoms with van der Waals surface area (Å²) >= 11 is 0. The average Bonchev–Trinajstić information content (AvgIpc) is 2.89. The van der Waals surface area contributed by atoms with E-state index in [1.807, 2.05) is 6.07 Å². The van der Waals surface area contributed by atoms with Gasteiger partial charge in [-0.05, 0) is 25.1 Å². The number of nitrogens with zero attached hydrogens (tertiary/aromatic N) is 1. The van der Waals surface area contributed by atoms with Crippen molar-refractivity contribution in [2.75, 3.05) is 12.4 Å². The van der Waals surface area contributed by atoms with E-state index in [0.717, 1.165) is 5.39 Å². The first kappa shape index (κ1) is 15.3. The lowest BCUT2D eigenvalue weighted by Gasteiger charge is -2.08. The van der Waals surface area contributed by atoms with Crippen molar-refractivity contribution < 1.29 is 14.3 Å². The maximum Gasteiger partial charge on any atom is 0.221 e. The molecule has 0 saturated carbocycles. The van der Waals surface area contributed by atoms with Crippen LogP contribution in [0.15, 0.2) is 29.8 Å². The second kappa shape index (κ2) is 6.14. The summed E-state index contributed by atoms with van der Waals surface area (Å²) in [5, 5.41) is 12.4. The monoisotopic (exact) mass is 297 g/mol. The first-order chi connectivity index (χ1) is 10.5. The van der Waals surface area contributed by atoms with Crippen LogP contribution in [0.4, 0.5) is 5.69 Å². The number of H-pyrrole nitrogens is 1. The molecule has 0 unspecified atom stereocenters. The van der Waals surface area contributed by atoms with Crippen molar-refractivity contribution in [3.63, 3.8) is 0 Å². The van der Waals surface area contributed by atoms with Gasteiger partial charge in [-0.3, -0.25) is 9.59 Å². The molecule has 0 aliphatic heterocycles. The molecular weight excluding hydrogens is 282 g/mol. The van der Waals surface area contributed by atoms with E-state index < -0.39 is 0 Å². The largest absolute Gasteiger partial charge is 0.495 e. The highest BCUT2D eigenvalue weighted by atomic mass is 16.5. The molecule has 0 atom stereocenters. The molecule has 6 nitrogen and oxygen atoms in total. The lowest BCUT2D eigenvalue weighted by molar-refractivity contribution is -0.114. The van der Waals surface area contributed by atoms with Crippen LogP contribution in [0.5, 0.6) is 5.75 Å². The van der Waals surface area contributed by atoms with Gasteiger partial charge in [-0.15, -0.1) is 0 Å². The number of fused-ring (bicyclic) bond motifs is 1. The van der Waals surface area contributed by atoms with Gasteiger partial charge in [-0.2, -0.15) is 5.26 Å². The third-order valence-electron chi connectivity index (χ3n) is 3.15. The Morgan fingerprint density at radius 3 is 2.64 bits per heavy atom. The Labute approximate surface area is 127 Å². The maximum absolute atomic E-state index is 12.2. The molecule has 0 saturated heterocycles. The number of aromatic nitrogens is 1. The molecular formula is C16H15N3O3. The molecule has 2 aromatic rings. The number of allylic oxidation sites excluding steroid dienone is 2. The lowest BCUT2D eigenvalue weighted by atomic mass is 10.1. The number of hydrogen-bond acceptors (Lipinski definition) is 4. The normalized spacial score (nSPS) is 11.1. The van der Waals surface area contributed by atoms with Crippen molar-refractivity contribution in [2.24, 2.45) is 0 Å². The summed E-state index contributed by atoms with van der Waals surface area (Å²) < 4.78 is 5.24. The second-order valence-electron chi connectivity index (χ2n) is 4.65. The fourth-order valence-corrected chi connectivity index (χ4v) is 2.13. The summed E-state index contributed by atoms with van der Waals surface area (Å²) in [6, 6.07) is 6.92. The van der Waals surface area contributed by atoms with E-state index in [1.54, 1.807) is 25.1 Å². The maximum atomic E-state index is 12.2. The second-order valence-corrected chi connectivity index (χ2v) is 4.65. The molecule has 6 heteroatoms. The fourth-order valence-electron chi connectivity index (χ4n) is 2.13. The quantitative estimate of drug-likeness (QED) is 0.515. The number of aromatic amines is 1. The third-order valence-corrected chi connectivity index (χ3v) is 3.15. The molecule has 1 aromatic heterocycles. The summed E-state index contributed by atoms with van der Waals surface area (Å²) in [6.07, 6.45) is 1.47. The molecule has 0 bridgehead atoms. The molecule has 112 valence electrons. The van der Waals surface area contributed by atoms with Crippen LogP contribution in [0, 0.1) is 11.3 Å². The summed E-state index contributed by atoms with van der Waals surface area (Å²) in [4.78, 5) is 26.4. The molecule has 2 N–H and O–H groups in total. The van der Waals surface area contributed by atoms with Crippen LogP contribution in [0.25, 0.3) is 10.9 Å². The van der Waals surface area contributed by atoms with Gasteiger partial charge in [-0.25, -0.2) is 0 Å². The van der Waals surface area contributed by atoms with Crippen molar-refractivity contribution in [3.05, 3.63) is 35.5 Å². The van der Waals surface area contributed by atoms with Gasteiger partial charge in [0.15, 0.2) is 0 Å². The highest BCUT2D eigenvalue weighted by Crippen LogP contribution is 2.31. The van der Waals surface area contributed by atoms with Gasteiger partial charge in [0.2, 0.25) is 11.7 Å². The number of carbonyl (C=O) groups excluding carboxylic acids is 2. The Hall–Kier alpha value is -3.07. The van der Waals surface area contributed by atoms with Gasteiger partial charge in [0, 0.05) is 17.8 Å². The average molecular weight is 297 g/mol. The van der Waals surface area contributed by atoms with Crippen LogP contribution in [-0.4, -0.2) is 23.8 Å². The van der Waals surface area contributed by atoms with Crippen molar-refractivity contribution in [1.29, 1.82) is 5.26 Å². The SMILES string of the molecule is C/C=C(\C#N)C(=O)c1cc2cc(OC)c(NC(C)=O)cc2[nH]1. The number of nitrogens with one attached hydrogen (secondary N) is 2. The molecule has 1 aromatic carbocycles. The van der Waals surface area contributed by atoms with Crippen LogP contribution >= 0.6 is 0 Å². The van der Waals surface area contributed by atoms with Gasteiger partial charge in [0.25, 0.3) is 0 Å². The number of carbonyl (C=O) groups is 2. The fraction of sp³-hybridized carbons (Fsp3) is 0.188. The topological polar surface area (TPSA) is 95.0 Å². The first-order valence-electron chi connectivity index (χ1n) is 6.59. The van der Waals surface area contributed by atoms with Gasteiger partial charge in [0.05, 0.1) is 24.1 Å². The minimum Gasteiger partial charge on any atom is -0.495 e. The number of amides is 1. The van der Waals surface area contributed by atoms with Crippen molar-refractivity contribution in [3.8, 4) is 11.8 Å². The number of ketones is 1. The van der Waals surface area contributed by atoms with E-state index in [2.05, 4.69) is 10.3 Å². The van der Waals surface area contributed by atoms with Gasteiger partial charge in [0.1, 0.15) is 11.8 Å². The minimum atomic E-state index is -0.374. The molecule has 0 fully saturated rings. The number of benzene rings is 1. The number of hydrogen-bond donors (Lipinski definition) is 2. The summed E-state index contributed by atoms with van der Waals surface area (Å²) in [6.45, 7) is 3.04. The minimum absolute atomic E-state index is 0.0700. The number of Topliss-reactive ketones (excluding diaryl/α,β-unsaturated/α-hetero) is 1. The van der Waals surface area contributed by atoms with Crippen molar-refractivity contribution in [1.82, 2.24) is 4.98 Å². The highest BCUT2D eigenvalue weighted by molar-refractivity contribution is 6.12. The molecule has 22 heavy (non-hydrogen) atoms. The predicted molar refractivity (Wildman–Crippen MR) is 82.9 cm³/mol. The van der Waals surface area contributed by atoms with E-state index in [0.29, 0.717) is 22.6 Å². The standard InChI is InChI=1S/C16H15N3O3/c1-4-10(8-17)16(21)14-5-11-6-15(22-3)13(18-9(2)20)7-12(11)19-14/h4-7,19H,1-3H3,(H,18,20)/b10-4+. The Bertz CT molecular complexity index is 825. The third kappa shape index (κ3) is 2.83. The summed E-state index contributed by atoms with van der Waals surface area (Å²) in [7, 11) is 1.50. The molecule has 1 heterocycles. The molecule has 0 aliphatic carbocycles. The summed E-state index contributed by atoms with van der Waals surface area (Å²) in [5.41, 5.74) is 1.56. The molecule has 0 spiro atoms. The Morgan fingerprint density at radius 2 is 2.09 bits per heavy atom. The van der Waals surface area contributed by atoms with Crippen LogP contribution in [0.2, 0.25) is 0 Å². The van der Waals surface area contributed by atoms with Gasteiger partial charge >= 0.3 is 0 Å². The predicted octanol–water partition coefficient (Wildman–Crippen LogP) is 2.79. The number of methoxy groups -OCH3 is 1. The van der Waals surface area contributed by atoms with Crippen molar-refractivity contribution >= 4 is 28.3 Å². The Balaban J connectivity index is 2.53. The summed E-state index contributed by atoms with van der Waals surface area (Å²) in [5.74, 6) is -0.102. The van der Waals surface area contributed by atoms with Crippen molar-refractivity contribution in [2.45, 2.75) is 13.8 Å². The van der Waals surface area contributed by atoms with Gasteiger partial charge < -0.3 is 15.0 Å².